The normalized spacial score (nSPS) is 10.8. The van der Waals surface area contributed by atoms with E-state index >= 15 is 0 Å². The minimum Gasteiger partial charge on any atom is -0.396 e. The molecular weight excluding hydrogens is 264 g/mol. The Hall–Kier alpha value is -1.26. The van der Waals surface area contributed by atoms with E-state index in [9.17, 15) is 4.39 Å². The van der Waals surface area contributed by atoms with Gasteiger partial charge < -0.3 is 5.73 Å². The average molecular weight is 274 g/mol. The summed E-state index contributed by atoms with van der Waals surface area (Å²) >= 11 is 11.6. The predicted molar refractivity (Wildman–Crippen MR) is 67.7 cm³/mol. The molecule has 2 rings (SSSR count). The molecule has 0 aliphatic heterocycles. The molecule has 0 bridgehead atoms. The van der Waals surface area contributed by atoms with Gasteiger partial charge in [-0.15, -0.1) is 0 Å². The maximum Gasteiger partial charge on any atom is 0.142 e. The predicted octanol–water partition coefficient (Wildman–Crippen LogP) is 3.60. The van der Waals surface area contributed by atoms with Gasteiger partial charge in [0.15, 0.2) is 0 Å². The van der Waals surface area contributed by atoms with Crippen LogP contribution in [0, 0.1) is 5.82 Å². The summed E-state index contributed by atoms with van der Waals surface area (Å²) in [6.45, 7) is 2.61. The summed E-state index contributed by atoms with van der Waals surface area (Å²) in [6.07, 6.45) is 1.68. The number of rotatable bonds is 2. The minimum atomic E-state index is -0.545. The van der Waals surface area contributed by atoms with E-state index in [2.05, 4.69) is 5.10 Å². The van der Waals surface area contributed by atoms with Crippen molar-refractivity contribution in [2.75, 3.05) is 5.73 Å². The molecule has 2 aromatic rings. The van der Waals surface area contributed by atoms with Crippen molar-refractivity contribution in [2.45, 2.75) is 13.5 Å². The molecule has 0 spiro atoms. The Kier molecular flexibility index (Phi) is 3.26. The second-order valence-electron chi connectivity index (χ2n) is 3.53. The third kappa shape index (κ3) is 2.23. The minimum absolute atomic E-state index is 0.0211. The third-order valence-electron chi connectivity index (χ3n) is 2.38. The molecule has 1 heterocycles. The largest absolute Gasteiger partial charge is 0.396 e. The summed E-state index contributed by atoms with van der Waals surface area (Å²) in [4.78, 5) is 0. The van der Waals surface area contributed by atoms with Gasteiger partial charge in [0.25, 0.3) is 0 Å². The van der Waals surface area contributed by atoms with Gasteiger partial charge in [-0.05, 0) is 19.1 Å². The lowest BCUT2D eigenvalue weighted by Crippen LogP contribution is -1.94. The molecule has 0 radical (unpaired) electrons. The lowest BCUT2D eigenvalue weighted by atomic mass is 10.1. The van der Waals surface area contributed by atoms with Gasteiger partial charge in [0.05, 0.1) is 15.7 Å². The van der Waals surface area contributed by atoms with Crippen LogP contribution in [0.15, 0.2) is 18.3 Å². The first-order valence-electron chi connectivity index (χ1n) is 5.00. The Morgan fingerprint density at radius 3 is 2.65 bits per heavy atom. The first kappa shape index (κ1) is 12.2. The topological polar surface area (TPSA) is 43.8 Å². The van der Waals surface area contributed by atoms with E-state index in [1.807, 2.05) is 6.92 Å². The number of aryl methyl sites for hydroxylation is 1. The average Bonchev–Trinajstić information content (AvgIpc) is 2.65. The van der Waals surface area contributed by atoms with Crippen LogP contribution in [0.1, 0.15) is 6.92 Å². The van der Waals surface area contributed by atoms with Crippen LogP contribution in [0.5, 0.6) is 0 Å². The molecule has 6 heteroatoms. The van der Waals surface area contributed by atoms with Crippen molar-refractivity contribution in [2.24, 2.45) is 0 Å². The smallest absolute Gasteiger partial charge is 0.142 e. The summed E-state index contributed by atoms with van der Waals surface area (Å²) in [7, 11) is 0. The van der Waals surface area contributed by atoms with Crippen LogP contribution in [0.25, 0.3) is 11.3 Å². The Balaban J connectivity index is 2.59. The Morgan fingerprint density at radius 2 is 2.06 bits per heavy atom. The molecule has 0 saturated heterocycles. The van der Waals surface area contributed by atoms with Gasteiger partial charge in [-0.2, -0.15) is 5.10 Å². The van der Waals surface area contributed by atoms with Crippen LogP contribution in [-0.2, 0) is 6.54 Å². The van der Waals surface area contributed by atoms with E-state index in [1.165, 1.54) is 12.1 Å². The molecule has 0 atom stereocenters. The van der Waals surface area contributed by atoms with Crippen molar-refractivity contribution in [3.05, 3.63) is 34.2 Å². The van der Waals surface area contributed by atoms with E-state index in [4.69, 9.17) is 28.9 Å². The van der Waals surface area contributed by atoms with Crippen LogP contribution in [0.2, 0.25) is 10.0 Å². The van der Waals surface area contributed by atoms with Gasteiger partial charge in [0.1, 0.15) is 11.5 Å². The highest BCUT2D eigenvalue weighted by Gasteiger charge is 2.14. The molecular formula is C11H10Cl2FN3. The van der Waals surface area contributed by atoms with Gasteiger partial charge in [-0.25, -0.2) is 4.39 Å². The summed E-state index contributed by atoms with van der Waals surface area (Å²) < 4.78 is 15.1. The first-order chi connectivity index (χ1) is 8.02. The number of nitrogens with zero attached hydrogens (tertiary/aromatic N) is 2. The third-order valence-corrected chi connectivity index (χ3v) is 2.98. The standard InChI is InChI=1S/C11H10Cl2FN3/c1-2-17-5-10(15)11(16-17)6-3-9(14)8(13)4-7(6)12/h3-5H,2,15H2,1H3. The molecule has 0 fully saturated rings. The van der Waals surface area contributed by atoms with Crippen LogP contribution >= 0.6 is 23.2 Å². The maximum atomic E-state index is 13.4. The fraction of sp³-hybridized carbons (Fsp3) is 0.182. The number of halogens is 3. The molecule has 1 aromatic heterocycles. The fourth-order valence-electron chi connectivity index (χ4n) is 1.51. The van der Waals surface area contributed by atoms with Crippen molar-refractivity contribution < 1.29 is 4.39 Å². The fourth-order valence-corrected chi connectivity index (χ4v) is 1.98. The van der Waals surface area contributed by atoms with E-state index in [1.54, 1.807) is 10.9 Å². The molecule has 0 saturated carbocycles. The van der Waals surface area contributed by atoms with Crippen LogP contribution in [0.3, 0.4) is 0 Å². The molecule has 17 heavy (non-hydrogen) atoms. The van der Waals surface area contributed by atoms with E-state index in [0.717, 1.165) is 0 Å². The maximum absolute atomic E-state index is 13.4. The molecule has 0 amide bonds. The lowest BCUT2D eigenvalue weighted by Gasteiger charge is -2.03. The molecule has 2 N–H and O–H groups in total. The van der Waals surface area contributed by atoms with Crippen LogP contribution < -0.4 is 5.73 Å². The number of nitrogens with two attached hydrogens (primary N) is 1. The van der Waals surface area contributed by atoms with Crippen molar-refractivity contribution >= 4 is 28.9 Å². The summed E-state index contributed by atoms with van der Waals surface area (Å²) in [6, 6.07) is 2.58. The van der Waals surface area contributed by atoms with Crippen molar-refractivity contribution in [3.63, 3.8) is 0 Å². The number of nitrogen functional groups attached to an aromatic ring is 1. The number of benzene rings is 1. The van der Waals surface area contributed by atoms with Crippen molar-refractivity contribution in [1.82, 2.24) is 9.78 Å². The lowest BCUT2D eigenvalue weighted by molar-refractivity contribution is 0.628. The second kappa shape index (κ2) is 4.55. The van der Waals surface area contributed by atoms with E-state index in [-0.39, 0.29) is 5.02 Å². The SMILES string of the molecule is CCn1cc(N)c(-c2cc(F)c(Cl)cc2Cl)n1. The van der Waals surface area contributed by atoms with Gasteiger partial charge in [-0.3, -0.25) is 4.68 Å². The number of anilines is 1. The molecule has 1 aromatic carbocycles. The summed E-state index contributed by atoms with van der Waals surface area (Å²) in [5.74, 6) is -0.545. The number of aromatic nitrogens is 2. The zero-order valence-electron chi connectivity index (χ0n) is 9.04. The zero-order valence-corrected chi connectivity index (χ0v) is 10.6. The highest BCUT2D eigenvalue weighted by molar-refractivity contribution is 6.36. The van der Waals surface area contributed by atoms with Gasteiger partial charge in [0.2, 0.25) is 0 Å². The quantitative estimate of drug-likeness (QED) is 0.850. The van der Waals surface area contributed by atoms with Gasteiger partial charge >= 0.3 is 0 Å². The monoisotopic (exact) mass is 273 g/mol. The highest BCUT2D eigenvalue weighted by atomic mass is 35.5. The Morgan fingerprint density at radius 1 is 1.35 bits per heavy atom. The van der Waals surface area contributed by atoms with Gasteiger partial charge in [-0.1, -0.05) is 23.2 Å². The summed E-state index contributed by atoms with van der Waals surface area (Å²) in [5.41, 5.74) is 7.17. The molecule has 90 valence electrons. The van der Waals surface area contributed by atoms with Crippen molar-refractivity contribution in [3.8, 4) is 11.3 Å². The highest BCUT2D eigenvalue weighted by Crippen LogP contribution is 2.34. The van der Waals surface area contributed by atoms with E-state index in [0.29, 0.717) is 28.5 Å². The zero-order chi connectivity index (χ0) is 12.6. The molecule has 0 unspecified atom stereocenters. The van der Waals surface area contributed by atoms with Crippen LogP contribution in [-0.4, -0.2) is 9.78 Å². The molecule has 0 aliphatic carbocycles. The van der Waals surface area contributed by atoms with Gasteiger partial charge in [0, 0.05) is 18.3 Å². The molecule has 3 nitrogen and oxygen atoms in total. The molecule has 0 aliphatic rings. The first-order valence-corrected chi connectivity index (χ1v) is 5.76. The number of hydrogen-bond acceptors (Lipinski definition) is 2. The van der Waals surface area contributed by atoms with Crippen molar-refractivity contribution in [1.29, 1.82) is 0 Å². The summed E-state index contributed by atoms with van der Waals surface area (Å²) in [5, 5.41) is 4.53. The number of hydrogen-bond donors (Lipinski definition) is 1. The second-order valence-corrected chi connectivity index (χ2v) is 4.35. The van der Waals surface area contributed by atoms with E-state index < -0.39 is 5.82 Å². The Bertz CT molecular complexity index is 566. The van der Waals surface area contributed by atoms with Crippen LogP contribution in [0.4, 0.5) is 10.1 Å². The Labute approximate surface area is 108 Å².